The minimum Gasteiger partial charge on any atom is -0.465 e. The third kappa shape index (κ3) is 3.45. The Balaban J connectivity index is 2.07. The van der Waals surface area contributed by atoms with Gasteiger partial charge < -0.3 is 9.26 Å². The summed E-state index contributed by atoms with van der Waals surface area (Å²) < 4.78 is 9.84. The molecule has 106 valence electrons. The summed E-state index contributed by atoms with van der Waals surface area (Å²) in [6.45, 7) is 3.16. The van der Waals surface area contributed by atoms with Crippen molar-refractivity contribution in [1.29, 1.82) is 0 Å². The summed E-state index contributed by atoms with van der Waals surface area (Å²) in [7, 11) is 3.36. The Morgan fingerprint density at radius 1 is 1.35 bits per heavy atom. The number of benzene rings is 1. The van der Waals surface area contributed by atoms with Crippen LogP contribution < -0.4 is 0 Å². The van der Waals surface area contributed by atoms with E-state index in [-0.39, 0.29) is 5.97 Å². The van der Waals surface area contributed by atoms with E-state index in [0.29, 0.717) is 18.7 Å². The molecule has 0 radical (unpaired) electrons. The maximum absolute atomic E-state index is 11.7. The second kappa shape index (κ2) is 6.34. The lowest BCUT2D eigenvalue weighted by atomic mass is 10.1. The van der Waals surface area contributed by atoms with Gasteiger partial charge in [-0.3, -0.25) is 4.90 Å². The third-order valence-electron chi connectivity index (χ3n) is 2.97. The monoisotopic (exact) mass is 274 g/mol. The van der Waals surface area contributed by atoms with E-state index in [0.717, 1.165) is 17.0 Å². The van der Waals surface area contributed by atoms with Crippen molar-refractivity contribution in [1.82, 2.24) is 10.1 Å². The van der Waals surface area contributed by atoms with Crippen LogP contribution in [0.4, 0.5) is 0 Å². The smallest absolute Gasteiger partial charge is 0.338 e. The molecule has 0 unspecified atom stereocenters. The fraction of sp³-hybridized carbons (Fsp3) is 0.333. The van der Waals surface area contributed by atoms with E-state index in [4.69, 9.17) is 9.26 Å². The molecule has 1 heterocycles. The fourth-order valence-corrected chi connectivity index (χ4v) is 2.08. The highest BCUT2D eigenvalue weighted by Gasteiger charge is 2.13. The van der Waals surface area contributed by atoms with Gasteiger partial charge in [-0.15, -0.1) is 0 Å². The zero-order chi connectivity index (χ0) is 14.5. The van der Waals surface area contributed by atoms with E-state index in [1.165, 1.54) is 7.11 Å². The average molecular weight is 274 g/mol. The van der Waals surface area contributed by atoms with E-state index < -0.39 is 0 Å². The highest BCUT2D eigenvalue weighted by Crippen LogP contribution is 2.14. The van der Waals surface area contributed by atoms with E-state index >= 15 is 0 Å². The van der Waals surface area contributed by atoms with Gasteiger partial charge in [0.05, 0.1) is 18.4 Å². The Kier molecular flexibility index (Phi) is 4.53. The molecule has 0 amide bonds. The SMILES string of the molecule is COC(=O)c1ccccc1CN(C)Cc1cc(C)on1. The number of hydrogen-bond donors (Lipinski definition) is 0. The molecule has 0 bridgehead atoms. The number of nitrogens with zero attached hydrogens (tertiary/aromatic N) is 2. The molecule has 1 aromatic carbocycles. The number of ether oxygens (including phenoxy) is 1. The number of esters is 1. The molecule has 2 aromatic rings. The van der Waals surface area contributed by atoms with Crippen molar-refractivity contribution < 1.29 is 14.1 Å². The molecule has 0 fully saturated rings. The number of carbonyl (C=O) groups excluding carboxylic acids is 1. The van der Waals surface area contributed by atoms with Crippen LogP contribution in [0.2, 0.25) is 0 Å². The van der Waals surface area contributed by atoms with Crippen LogP contribution in [0, 0.1) is 6.92 Å². The lowest BCUT2D eigenvalue weighted by Gasteiger charge is -2.16. The van der Waals surface area contributed by atoms with Gasteiger partial charge in [-0.05, 0) is 25.6 Å². The zero-order valence-electron chi connectivity index (χ0n) is 11.9. The van der Waals surface area contributed by atoms with Crippen LogP contribution in [0.25, 0.3) is 0 Å². The molecule has 2 rings (SSSR count). The number of rotatable bonds is 5. The van der Waals surface area contributed by atoms with Gasteiger partial charge in [-0.1, -0.05) is 23.4 Å². The molecule has 5 nitrogen and oxygen atoms in total. The first-order chi connectivity index (χ1) is 9.60. The van der Waals surface area contributed by atoms with Gasteiger partial charge in [-0.25, -0.2) is 4.79 Å². The molecule has 0 saturated carbocycles. The first-order valence-corrected chi connectivity index (χ1v) is 6.37. The van der Waals surface area contributed by atoms with E-state index in [1.807, 2.05) is 38.2 Å². The zero-order valence-corrected chi connectivity index (χ0v) is 11.9. The predicted molar refractivity (Wildman–Crippen MR) is 74.2 cm³/mol. The third-order valence-corrected chi connectivity index (χ3v) is 2.97. The van der Waals surface area contributed by atoms with Crippen LogP contribution in [0.5, 0.6) is 0 Å². The molecule has 0 atom stereocenters. The Morgan fingerprint density at radius 2 is 2.10 bits per heavy atom. The number of carbonyl (C=O) groups is 1. The average Bonchev–Trinajstić information content (AvgIpc) is 2.83. The first-order valence-electron chi connectivity index (χ1n) is 6.37. The molecule has 0 saturated heterocycles. The van der Waals surface area contributed by atoms with Crippen LogP contribution in [-0.4, -0.2) is 30.2 Å². The quantitative estimate of drug-likeness (QED) is 0.784. The van der Waals surface area contributed by atoms with Crippen LogP contribution in [0.1, 0.15) is 27.4 Å². The fourth-order valence-electron chi connectivity index (χ4n) is 2.08. The number of hydrogen-bond acceptors (Lipinski definition) is 5. The van der Waals surface area contributed by atoms with Gasteiger partial charge in [0.15, 0.2) is 0 Å². The van der Waals surface area contributed by atoms with Crippen molar-refractivity contribution in [2.75, 3.05) is 14.2 Å². The molecule has 0 aliphatic heterocycles. The standard InChI is InChI=1S/C15H18N2O3/c1-11-8-13(16-20-11)10-17(2)9-12-6-4-5-7-14(12)15(18)19-3/h4-8H,9-10H2,1-3H3. The van der Waals surface area contributed by atoms with Crippen LogP contribution >= 0.6 is 0 Å². The van der Waals surface area contributed by atoms with E-state index in [2.05, 4.69) is 10.1 Å². The Morgan fingerprint density at radius 3 is 2.75 bits per heavy atom. The minimum absolute atomic E-state index is 0.314. The van der Waals surface area contributed by atoms with Gasteiger partial charge >= 0.3 is 5.97 Å². The van der Waals surface area contributed by atoms with Crippen molar-refractivity contribution in [3.05, 3.63) is 52.9 Å². The minimum atomic E-state index is -0.314. The normalized spacial score (nSPS) is 10.8. The molecular formula is C15H18N2O3. The molecule has 20 heavy (non-hydrogen) atoms. The van der Waals surface area contributed by atoms with E-state index in [9.17, 15) is 4.79 Å². The predicted octanol–water partition coefficient (Wildman–Crippen LogP) is 2.40. The summed E-state index contributed by atoms with van der Waals surface area (Å²) in [5.74, 6) is 0.481. The van der Waals surface area contributed by atoms with Gasteiger partial charge in [0, 0.05) is 19.2 Å². The summed E-state index contributed by atoms with van der Waals surface area (Å²) in [6, 6.07) is 9.35. The largest absolute Gasteiger partial charge is 0.465 e. The number of methoxy groups -OCH3 is 1. The summed E-state index contributed by atoms with van der Waals surface area (Å²) in [5, 5.41) is 3.96. The topological polar surface area (TPSA) is 55.6 Å². The summed E-state index contributed by atoms with van der Waals surface area (Å²) >= 11 is 0. The van der Waals surface area contributed by atoms with Crippen LogP contribution in [-0.2, 0) is 17.8 Å². The van der Waals surface area contributed by atoms with Gasteiger partial charge in [-0.2, -0.15) is 0 Å². The highest BCUT2D eigenvalue weighted by molar-refractivity contribution is 5.90. The van der Waals surface area contributed by atoms with Crippen molar-refractivity contribution in [3.63, 3.8) is 0 Å². The van der Waals surface area contributed by atoms with Gasteiger partial charge in [0.2, 0.25) is 0 Å². The molecule has 0 aliphatic carbocycles. The summed E-state index contributed by atoms with van der Waals surface area (Å²) in [6.07, 6.45) is 0. The van der Waals surface area contributed by atoms with Crippen LogP contribution in [0.15, 0.2) is 34.9 Å². The van der Waals surface area contributed by atoms with Crippen molar-refractivity contribution >= 4 is 5.97 Å². The van der Waals surface area contributed by atoms with Crippen molar-refractivity contribution in [2.45, 2.75) is 20.0 Å². The lowest BCUT2D eigenvalue weighted by Crippen LogP contribution is -2.19. The molecule has 1 aromatic heterocycles. The molecular weight excluding hydrogens is 256 g/mol. The van der Waals surface area contributed by atoms with Gasteiger partial charge in [0.1, 0.15) is 5.76 Å². The summed E-state index contributed by atoms with van der Waals surface area (Å²) in [5.41, 5.74) is 2.40. The van der Waals surface area contributed by atoms with Crippen molar-refractivity contribution in [3.8, 4) is 0 Å². The summed E-state index contributed by atoms with van der Waals surface area (Å²) in [4.78, 5) is 13.8. The second-order valence-electron chi connectivity index (χ2n) is 4.75. The Bertz CT molecular complexity index is 592. The molecule has 0 aliphatic rings. The first kappa shape index (κ1) is 14.3. The second-order valence-corrected chi connectivity index (χ2v) is 4.75. The van der Waals surface area contributed by atoms with Gasteiger partial charge in [0.25, 0.3) is 0 Å². The number of aryl methyl sites for hydroxylation is 1. The Hall–Kier alpha value is -2.14. The van der Waals surface area contributed by atoms with Crippen molar-refractivity contribution in [2.24, 2.45) is 0 Å². The van der Waals surface area contributed by atoms with Crippen LogP contribution in [0.3, 0.4) is 0 Å². The number of aromatic nitrogens is 1. The molecule has 0 N–H and O–H groups in total. The maximum Gasteiger partial charge on any atom is 0.338 e. The molecule has 5 heteroatoms. The lowest BCUT2D eigenvalue weighted by molar-refractivity contribution is 0.0598. The maximum atomic E-state index is 11.7. The Labute approximate surface area is 118 Å². The van der Waals surface area contributed by atoms with E-state index in [1.54, 1.807) is 6.07 Å². The highest BCUT2D eigenvalue weighted by atomic mass is 16.5. The molecule has 0 spiro atoms.